The van der Waals surface area contributed by atoms with E-state index in [0.29, 0.717) is 16.1 Å². The summed E-state index contributed by atoms with van der Waals surface area (Å²) >= 11 is 3.24. The highest BCUT2D eigenvalue weighted by Gasteiger charge is 2.13. The van der Waals surface area contributed by atoms with E-state index in [9.17, 15) is 4.39 Å². The number of nitrogens with zero attached hydrogens (tertiary/aromatic N) is 1. The highest BCUT2D eigenvalue weighted by Crippen LogP contribution is 2.27. The van der Waals surface area contributed by atoms with E-state index in [0.717, 1.165) is 25.0 Å². The Bertz CT molecular complexity index is 580. The summed E-state index contributed by atoms with van der Waals surface area (Å²) in [6.45, 7) is 0. The summed E-state index contributed by atoms with van der Waals surface area (Å²) in [6, 6.07) is 8.34. The fourth-order valence-corrected chi connectivity index (χ4v) is 2.61. The topological polar surface area (TPSA) is 22.1 Å². The average molecular weight is 308 g/mol. The maximum absolute atomic E-state index is 13.2. The minimum atomic E-state index is -0.333. The van der Waals surface area contributed by atoms with Crippen LogP contribution in [0.15, 0.2) is 34.8 Å². The molecule has 0 bridgehead atoms. The Kier molecular flexibility index (Phi) is 3.04. The largest absolute Gasteiger partial charge is 0.439 e. The van der Waals surface area contributed by atoms with Crippen LogP contribution < -0.4 is 4.74 Å². The number of halogens is 2. The van der Waals surface area contributed by atoms with Crippen molar-refractivity contribution in [1.82, 2.24) is 4.98 Å². The lowest BCUT2D eigenvalue weighted by molar-refractivity contribution is 0.456. The van der Waals surface area contributed by atoms with Crippen LogP contribution in [0.2, 0.25) is 0 Å². The zero-order valence-electron chi connectivity index (χ0n) is 9.62. The number of pyridine rings is 1. The van der Waals surface area contributed by atoms with Crippen molar-refractivity contribution in [2.75, 3.05) is 0 Å². The van der Waals surface area contributed by atoms with Crippen LogP contribution in [0.3, 0.4) is 0 Å². The van der Waals surface area contributed by atoms with Crippen LogP contribution in [0.4, 0.5) is 4.39 Å². The molecule has 3 rings (SSSR count). The van der Waals surface area contributed by atoms with Gasteiger partial charge in [0.25, 0.3) is 0 Å². The maximum atomic E-state index is 13.2. The first-order valence-corrected chi connectivity index (χ1v) is 6.63. The number of fused-ring (bicyclic) bond motifs is 1. The van der Waals surface area contributed by atoms with Gasteiger partial charge in [-0.25, -0.2) is 9.37 Å². The van der Waals surface area contributed by atoms with Crippen molar-refractivity contribution < 1.29 is 9.13 Å². The fourth-order valence-electron chi connectivity index (χ4n) is 2.17. The number of rotatable bonds is 2. The van der Waals surface area contributed by atoms with Gasteiger partial charge in [-0.15, -0.1) is 0 Å². The maximum Gasteiger partial charge on any atom is 0.219 e. The van der Waals surface area contributed by atoms with Crippen LogP contribution in [0.5, 0.6) is 11.6 Å². The van der Waals surface area contributed by atoms with Crippen LogP contribution in [-0.4, -0.2) is 4.98 Å². The van der Waals surface area contributed by atoms with Crippen molar-refractivity contribution in [2.24, 2.45) is 0 Å². The zero-order chi connectivity index (χ0) is 12.5. The number of aryl methyl sites for hydroxylation is 2. The monoisotopic (exact) mass is 307 g/mol. The quantitative estimate of drug-likeness (QED) is 0.827. The van der Waals surface area contributed by atoms with Crippen molar-refractivity contribution in [3.8, 4) is 11.6 Å². The summed E-state index contributed by atoms with van der Waals surface area (Å²) in [6.07, 6.45) is 3.24. The molecule has 1 aromatic carbocycles. The first-order valence-electron chi connectivity index (χ1n) is 5.83. The third-order valence-electron chi connectivity index (χ3n) is 2.96. The molecule has 0 unspecified atom stereocenters. The zero-order valence-corrected chi connectivity index (χ0v) is 11.2. The van der Waals surface area contributed by atoms with Gasteiger partial charge < -0.3 is 4.74 Å². The minimum Gasteiger partial charge on any atom is -0.439 e. The van der Waals surface area contributed by atoms with E-state index in [1.807, 2.05) is 12.1 Å². The summed E-state index contributed by atoms with van der Waals surface area (Å²) in [5.41, 5.74) is 2.39. The van der Waals surface area contributed by atoms with Crippen molar-refractivity contribution >= 4 is 15.9 Å². The molecular formula is C14H11BrFNO. The molecule has 0 aliphatic heterocycles. The second-order valence-corrected chi connectivity index (χ2v) is 5.23. The normalized spacial score (nSPS) is 13.4. The molecule has 0 fully saturated rings. The number of aromatic nitrogens is 1. The summed E-state index contributed by atoms with van der Waals surface area (Å²) < 4.78 is 19.5. The van der Waals surface area contributed by atoms with Gasteiger partial charge in [-0.2, -0.15) is 0 Å². The van der Waals surface area contributed by atoms with Gasteiger partial charge in [0.15, 0.2) is 0 Å². The van der Waals surface area contributed by atoms with Crippen LogP contribution >= 0.6 is 15.9 Å². The van der Waals surface area contributed by atoms with Gasteiger partial charge in [-0.1, -0.05) is 22.0 Å². The summed E-state index contributed by atoms with van der Waals surface area (Å²) in [7, 11) is 0. The Hall–Kier alpha value is -1.42. The molecule has 0 saturated carbocycles. The second kappa shape index (κ2) is 4.69. The molecule has 2 aromatic rings. The number of ether oxygens (including phenoxy) is 1. The Labute approximate surface area is 113 Å². The molecule has 0 N–H and O–H groups in total. The van der Waals surface area contributed by atoms with Gasteiger partial charge in [-0.05, 0) is 37.0 Å². The molecule has 0 amide bonds. The summed E-state index contributed by atoms with van der Waals surface area (Å²) in [5, 5.41) is 0. The Balaban J connectivity index is 1.88. The fraction of sp³-hybridized carbons (Fsp3) is 0.214. The third-order valence-corrected chi connectivity index (χ3v) is 3.42. The first-order chi connectivity index (χ1) is 8.70. The molecule has 1 aliphatic carbocycles. The molecule has 2 nitrogen and oxygen atoms in total. The molecule has 1 aliphatic rings. The van der Waals surface area contributed by atoms with Gasteiger partial charge in [-0.3, -0.25) is 0 Å². The molecule has 0 radical (unpaired) electrons. The van der Waals surface area contributed by atoms with E-state index < -0.39 is 0 Å². The van der Waals surface area contributed by atoms with Crippen molar-refractivity contribution in [3.05, 3.63) is 51.9 Å². The molecule has 0 spiro atoms. The predicted molar refractivity (Wildman–Crippen MR) is 70.4 cm³/mol. The van der Waals surface area contributed by atoms with Gasteiger partial charge in [0.2, 0.25) is 5.88 Å². The smallest absolute Gasteiger partial charge is 0.219 e. The Morgan fingerprint density at radius 3 is 2.89 bits per heavy atom. The Morgan fingerprint density at radius 2 is 2.06 bits per heavy atom. The minimum absolute atomic E-state index is 0.333. The highest BCUT2D eigenvalue weighted by atomic mass is 79.9. The van der Waals surface area contributed by atoms with Crippen LogP contribution in [0.25, 0.3) is 0 Å². The average Bonchev–Trinajstić information content (AvgIpc) is 2.74. The van der Waals surface area contributed by atoms with Crippen molar-refractivity contribution in [2.45, 2.75) is 19.3 Å². The van der Waals surface area contributed by atoms with E-state index in [-0.39, 0.29) is 5.82 Å². The van der Waals surface area contributed by atoms with Crippen LogP contribution in [0.1, 0.15) is 17.7 Å². The SMILES string of the molecule is Fc1cc(Br)cc(Oc2ccc3c(n2)CCC3)c1. The molecule has 0 atom stereocenters. The van der Waals surface area contributed by atoms with Gasteiger partial charge >= 0.3 is 0 Å². The highest BCUT2D eigenvalue weighted by molar-refractivity contribution is 9.10. The van der Waals surface area contributed by atoms with E-state index in [1.165, 1.54) is 17.7 Å². The molecule has 0 saturated heterocycles. The standard InChI is InChI=1S/C14H11BrFNO/c15-10-6-11(16)8-12(7-10)18-14-5-4-9-2-1-3-13(9)17-14/h4-8H,1-3H2. The molecule has 18 heavy (non-hydrogen) atoms. The number of benzene rings is 1. The van der Waals surface area contributed by atoms with E-state index in [2.05, 4.69) is 20.9 Å². The molecule has 1 heterocycles. The second-order valence-electron chi connectivity index (χ2n) is 4.32. The lowest BCUT2D eigenvalue weighted by Gasteiger charge is -2.07. The van der Waals surface area contributed by atoms with Gasteiger partial charge in [0, 0.05) is 22.3 Å². The molecule has 1 aromatic heterocycles. The number of hydrogen-bond donors (Lipinski definition) is 0. The lowest BCUT2D eigenvalue weighted by Crippen LogP contribution is -1.93. The predicted octanol–water partition coefficient (Wildman–Crippen LogP) is 4.26. The molecule has 92 valence electrons. The van der Waals surface area contributed by atoms with Crippen LogP contribution in [0, 0.1) is 5.82 Å². The van der Waals surface area contributed by atoms with E-state index in [4.69, 9.17) is 4.74 Å². The van der Waals surface area contributed by atoms with Crippen molar-refractivity contribution in [3.63, 3.8) is 0 Å². The number of hydrogen-bond acceptors (Lipinski definition) is 2. The van der Waals surface area contributed by atoms with Crippen molar-refractivity contribution in [1.29, 1.82) is 0 Å². The summed E-state index contributed by atoms with van der Waals surface area (Å²) in [5.74, 6) is 0.640. The molecular weight excluding hydrogens is 297 g/mol. The van der Waals surface area contributed by atoms with E-state index >= 15 is 0 Å². The third kappa shape index (κ3) is 2.38. The van der Waals surface area contributed by atoms with Gasteiger partial charge in [0.1, 0.15) is 11.6 Å². The van der Waals surface area contributed by atoms with Crippen LogP contribution in [-0.2, 0) is 12.8 Å². The lowest BCUT2D eigenvalue weighted by atomic mass is 10.2. The first kappa shape index (κ1) is 11.7. The Morgan fingerprint density at radius 1 is 1.17 bits per heavy atom. The van der Waals surface area contributed by atoms with E-state index in [1.54, 1.807) is 6.07 Å². The van der Waals surface area contributed by atoms with Gasteiger partial charge in [0.05, 0.1) is 0 Å². The summed E-state index contributed by atoms with van der Waals surface area (Å²) in [4.78, 5) is 4.45. The molecule has 4 heteroatoms.